The number of imidazole rings is 1. The summed E-state index contributed by atoms with van der Waals surface area (Å²) in [5.74, 6) is 1.20. The number of H-pyrrole nitrogens is 1. The van der Waals surface area contributed by atoms with Crippen molar-refractivity contribution >= 4 is 34.4 Å². The summed E-state index contributed by atoms with van der Waals surface area (Å²) in [6.45, 7) is 2.57. The quantitative estimate of drug-likeness (QED) is 0.560. The van der Waals surface area contributed by atoms with E-state index in [1.807, 2.05) is 20.2 Å². The van der Waals surface area contributed by atoms with Gasteiger partial charge in [-0.15, -0.1) is 0 Å². The Morgan fingerprint density at radius 1 is 1.34 bits per heavy atom. The summed E-state index contributed by atoms with van der Waals surface area (Å²) in [6.07, 6.45) is 10.6. The fraction of sp³-hybridized carbons (Fsp3) is 0.400. The second-order valence-corrected chi connectivity index (χ2v) is 8.11. The standard InChI is InChI=1S/C20H22ClN7O/c1-3-22-20(29)14-10-4-5-11(6-10)15(14)25-16-13(21)8-23-19-17(16)26-18(27-19)12-7-24-28(2)9-12/h4-5,7-11,14-15H,3,6H2,1-2H3,(H,22,29)(H2,23,25,26,27). The Balaban J connectivity index is 1.53. The Hall–Kier alpha value is -2.87. The Bertz CT molecular complexity index is 1120. The van der Waals surface area contributed by atoms with Gasteiger partial charge in [-0.1, -0.05) is 23.8 Å². The first-order valence-electron chi connectivity index (χ1n) is 9.81. The normalized spacial score (nSPS) is 25.1. The van der Waals surface area contributed by atoms with E-state index in [1.165, 1.54) is 0 Å². The maximum atomic E-state index is 12.7. The molecule has 0 saturated heterocycles. The molecule has 1 saturated carbocycles. The molecule has 3 N–H and O–H groups in total. The minimum Gasteiger partial charge on any atom is -0.378 e. The lowest BCUT2D eigenvalue weighted by Crippen LogP contribution is -2.43. The van der Waals surface area contributed by atoms with Crippen LogP contribution in [-0.2, 0) is 11.8 Å². The second kappa shape index (κ2) is 6.88. The fourth-order valence-corrected chi connectivity index (χ4v) is 4.79. The third-order valence-corrected chi connectivity index (χ3v) is 6.16. The van der Waals surface area contributed by atoms with E-state index in [-0.39, 0.29) is 23.8 Å². The lowest BCUT2D eigenvalue weighted by Gasteiger charge is -2.29. The van der Waals surface area contributed by atoms with Crippen LogP contribution in [0, 0.1) is 17.8 Å². The highest BCUT2D eigenvalue weighted by Gasteiger charge is 2.48. The molecule has 150 valence electrons. The number of aromatic amines is 1. The number of anilines is 1. The van der Waals surface area contributed by atoms with E-state index in [0.29, 0.717) is 29.0 Å². The van der Waals surface area contributed by atoms with Gasteiger partial charge in [0.15, 0.2) is 5.65 Å². The van der Waals surface area contributed by atoms with E-state index >= 15 is 0 Å². The minimum absolute atomic E-state index is 0.0233. The van der Waals surface area contributed by atoms with Gasteiger partial charge in [-0.2, -0.15) is 5.10 Å². The van der Waals surface area contributed by atoms with Crippen molar-refractivity contribution in [2.24, 2.45) is 24.8 Å². The van der Waals surface area contributed by atoms with Gasteiger partial charge in [0.1, 0.15) is 11.3 Å². The first-order chi connectivity index (χ1) is 14.0. The number of allylic oxidation sites excluding steroid dienone is 1. The number of carbonyl (C=O) groups excluding carboxylic acids is 1. The number of aryl methyl sites for hydroxylation is 1. The largest absolute Gasteiger partial charge is 0.378 e. The molecule has 0 aromatic carbocycles. The van der Waals surface area contributed by atoms with E-state index in [9.17, 15) is 4.79 Å². The van der Waals surface area contributed by atoms with Crippen LogP contribution in [0.3, 0.4) is 0 Å². The van der Waals surface area contributed by atoms with E-state index in [4.69, 9.17) is 11.6 Å². The molecular formula is C20H22ClN7O. The van der Waals surface area contributed by atoms with Crippen molar-refractivity contribution in [1.29, 1.82) is 0 Å². The maximum Gasteiger partial charge on any atom is 0.225 e. The third kappa shape index (κ3) is 2.98. The molecule has 0 radical (unpaired) electrons. The van der Waals surface area contributed by atoms with Crippen molar-refractivity contribution in [2.45, 2.75) is 19.4 Å². The van der Waals surface area contributed by atoms with Crippen LogP contribution in [-0.4, -0.2) is 43.2 Å². The number of aromatic nitrogens is 5. The molecule has 3 aromatic rings. The van der Waals surface area contributed by atoms with Crippen LogP contribution >= 0.6 is 11.6 Å². The van der Waals surface area contributed by atoms with E-state index < -0.39 is 0 Å². The second-order valence-electron chi connectivity index (χ2n) is 7.71. The summed E-state index contributed by atoms with van der Waals surface area (Å²) in [7, 11) is 1.86. The van der Waals surface area contributed by atoms with Crippen LogP contribution in [0.1, 0.15) is 13.3 Å². The molecular weight excluding hydrogens is 390 g/mol. The van der Waals surface area contributed by atoms with Gasteiger partial charge in [-0.3, -0.25) is 9.48 Å². The van der Waals surface area contributed by atoms with Crippen molar-refractivity contribution in [1.82, 2.24) is 30.0 Å². The zero-order valence-corrected chi connectivity index (χ0v) is 16.9. The zero-order chi connectivity index (χ0) is 20.1. The van der Waals surface area contributed by atoms with Crippen LogP contribution in [0.25, 0.3) is 22.6 Å². The molecule has 2 aliphatic carbocycles. The molecule has 1 amide bonds. The number of fused-ring (bicyclic) bond motifs is 3. The molecule has 3 heterocycles. The molecule has 3 aromatic heterocycles. The fourth-order valence-electron chi connectivity index (χ4n) is 4.59. The molecule has 29 heavy (non-hydrogen) atoms. The number of hydrogen-bond donors (Lipinski definition) is 3. The topological polar surface area (TPSA) is 101 Å². The molecule has 2 aliphatic rings. The molecule has 4 atom stereocenters. The smallest absolute Gasteiger partial charge is 0.225 e. The average Bonchev–Trinajstić information content (AvgIpc) is 3.46. The number of nitrogens with zero attached hydrogens (tertiary/aromatic N) is 4. The van der Waals surface area contributed by atoms with Crippen LogP contribution in [0.4, 0.5) is 5.69 Å². The molecule has 0 spiro atoms. The first-order valence-corrected chi connectivity index (χ1v) is 10.2. The Morgan fingerprint density at radius 2 is 2.17 bits per heavy atom. The molecule has 9 heteroatoms. The Morgan fingerprint density at radius 3 is 2.93 bits per heavy atom. The van der Waals surface area contributed by atoms with Gasteiger partial charge in [0.2, 0.25) is 5.91 Å². The molecule has 4 unspecified atom stereocenters. The summed E-state index contributed by atoms with van der Waals surface area (Å²) >= 11 is 6.52. The van der Waals surface area contributed by atoms with Crippen molar-refractivity contribution in [3.8, 4) is 11.4 Å². The number of nitrogens with one attached hydrogen (secondary N) is 3. The van der Waals surface area contributed by atoms with Gasteiger partial charge in [0.25, 0.3) is 0 Å². The highest BCUT2D eigenvalue weighted by molar-refractivity contribution is 6.34. The van der Waals surface area contributed by atoms with Gasteiger partial charge in [-0.05, 0) is 25.2 Å². The molecule has 5 rings (SSSR count). The van der Waals surface area contributed by atoms with Crippen LogP contribution in [0.15, 0.2) is 30.7 Å². The van der Waals surface area contributed by atoms with Gasteiger partial charge in [0, 0.05) is 25.8 Å². The van der Waals surface area contributed by atoms with Gasteiger partial charge in [0.05, 0.1) is 34.6 Å². The van der Waals surface area contributed by atoms with Crippen molar-refractivity contribution < 1.29 is 4.79 Å². The minimum atomic E-state index is -0.120. The summed E-state index contributed by atoms with van der Waals surface area (Å²) in [6, 6.07) is -0.0233. The van der Waals surface area contributed by atoms with Crippen molar-refractivity contribution in [3.05, 3.63) is 35.8 Å². The highest BCUT2D eigenvalue weighted by atomic mass is 35.5. The molecule has 0 aliphatic heterocycles. The van der Waals surface area contributed by atoms with E-state index in [1.54, 1.807) is 17.1 Å². The van der Waals surface area contributed by atoms with Gasteiger partial charge >= 0.3 is 0 Å². The van der Waals surface area contributed by atoms with Crippen molar-refractivity contribution in [2.75, 3.05) is 11.9 Å². The summed E-state index contributed by atoms with van der Waals surface area (Å²) in [5, 5.41) is 11.2. The third-order valence-electron chi connectivity index (χ3n) is 5.88. The summed E-state index contributed by atoms with van der Waals surface area (Å²) in [4.78, 5) is 25.0. The first kappa shape index (κ1) is 18.2. The maximum absolute atomic E-state index is 12.7. The molecule has 2 bridgehead atoms. The van der Waals surface area contributed by atoms with Crippen LogP contribution < -0.4 is 10.6 Å². The molecule has 1 fully saturated rings. The number of amides is 1. The van der Waals surface area contributed by atoms with E-state index in [2.05, 4.69) is 42.8 Å². The zero-order valence-electron chi connectivity index (χ0n) is 16.2. The average molecular weight is 412 g/mol. The Kier molecular flexibility index (Phi) is 4.31. The monoisotopic (exact) mass is 411 g/mol. The Labute approximate surface area is 172 Å². The lowest BCUT2D eigenvalue weighted by atomic mass is 9.88. The number of rotatable bonds is 5. The summed E-state index contributed by atoms with van der Waals surface area (Å²) in [5.41, 5.74) is 2.91. The SMILES string of the molecule is CCNC(=O)C1C2C=CC(C2)C1Nc1c(Cl)cnc2nc(-c3cnn(C)c3)[nH]c12. The predicted octanol–water partition coefficient (Wildman–Crippen LogP) is 2.75. The van der Waals surface area contributed by atoms with Crippen LogP contribution in [0.5, 0.6) is 0 Å². The number of carbonyl (C=O) groups is 1. The van der Waals surface area contributed by atoms with Gasteiger partial charge in [-0.25, -0.2) is 9.97 Å². The number of pyridine rings is 1. The van der Waals surface area contributed by atoms with Crippen LogP contribution in [0.2, 0.25) is 5.02 Å². The highest BCUT2D eigenvalue weighted by Crippen LogP contribution is 2.46. The molecule has 8 nitrogen and oxygen atoms in total. The summed E-state index contributed by atoms with van der Waals surface area (Å²) < 4.78 is 1.72. The van der Waals surface area contributed by atoms with Gasteiger partial charge < -0.3 is 15.6 Å². The lowest BCUT2D eigenvalue weighted by molar-refractivity contribution is -0.125. The number of hydrogen-bond acceptors (Lipinski definition) is 5. The van der Waals surface area contributed by atoms with E-state index in [0.717, 1.165) is 23.2 Å². The van der Waals surface area contributed by atoms with Crippen molar-refractivity contribution in [3.63, 3.8) is 0 Å². The number of halogens is 1. The predicted molar refractivity (Wildman–Crippen MR) is 111 cm³/mol.